The first-order chi connectivity index (χ1) is 4.22. The van der Waals surface area contributed by atoms with Crippen LogP contribution >= 0.6 is 22.6 Å². The second-order valence-corrected chi connectivity index (χ2v) is 3.13. The lowest BCUT2D eigenvalue weighted by Gasteiger charge is -2.04. The Balaban J connectivity index is 3.46. The van der Waals surface area contributed by atoms with Gasteiger partial charge in [-0.15, -0.1) is 0 Å². The molecular formula is C6H11IO2. The first-order valence-electron chi connectivity index (χ1n) is 3.03. The third-order valence-electron chi connectivity index (χ3n) is 0.901. The smallest absolute Gasteiger partial charge is 0.318 e. The second kappa shape index (κ2) is 5.02. The summed E-state index contributed by atoms with van der Waals surface area (Å²) in [6, 6.07) is 0. The van der Waals surface area contributed by atoms with Gasteiger partial charge in [0.1, 0.15) is 3.92 Å². The van der Waals surface area contributed by atoms with Gasteiger partial charge in [-0.3, -0.25) is 4.79 Å². The van der Waals surface area contributed by atoms with Crippen LogP contribution in [0.25, 0.3) is 0 Å². The zero-order valence-electron chi connectivity index (χ0n) is 5.69. The number of hydrogen-bond donors (Lipinski definition) is 0. The topological polar surface area (TPSA) is 26.3 Å². The quantitative estimate of drug-likeness (QED) is 0.428. The fraction of sp³-hybridized carbons (Fsp3) is 0.833. The predicted octanol–water partition coefficient (Wildman–Crippen LogP) is 1.76. The molecule has 0 spiro atoms. The molecule has 0 N–H and O–H groups in total. The van der Waals surface area contributed by atoms with Crippen LogP contribution in [0.5, 0.6) is 0 Å². The van der Waals surface area contributed by atoms with Crippen LogP contribution in [0.2, 0.25) is 0 Å². The van der Waals surface area contributed by atoms with E-state index in [1.807, 2.05) is 13.8 Å². The van der Waals surface area contributed by atoms with Gasteiger partial charge >= 0.3 is 5.97 Å². The van der Waals surface area contributed by atoms with Crippen LogP contribution < -0.4 is 0 Å². The summed E-state index contributed by atoms with van der Waals surface area (Å²) in [4.78, 5) is 10.7. The molecule has 0 aliphatic rings. The molecule has 0 bridgehead atoms. The Kier molecular flexibility index (Phi) is 5.13. The van der Waals surface area contributed by atoms with Crippen molar-refractivity contribution in [2.75, 3.05) is 6.61 Å². The fourth-order valence-electron chi connectivity index (χ4n) is 0.399. The van der Waals surface area contributed by atoms with Crippen LogP contribution in [0.4, 0.5) is 0 Å². The third-order valence-corrected chi connectivity index (χ3v) is 2.29. The van der Waals surface area contributed by atoms with E-state index in [1.165, 1.54) is 0 Å². The molecule has 0 unspecified atom stereocenters. The van der Waals surface area contributed by atoms with Gasteiger partial charge in [-0.1, -0.05) is 29.5 Å². The first-order valence-corrected chi connectivity index (χ1v) is 4.27. The molecule has 0 aromatic heterocycles. The number of esters is 1. The van der Waals surface area contributed by atoms with Crippen molar-refractivity contribution in [2.45, 2.75) is 24.2 Å². The Hall–Kier alpha value is 0.200. The van der Waals surface area contributed by atoms with Crippen LogP contribution in [0.1, 0.15) is 20.3 Å². The van der Waals surface area contributed by atoms with E-state index < -0.39 is 0 Å². The Bertz CT molecular complexity index is 93.1. The summed E-state index contributed by atoms with van der Waals surface area (Å²) in [5.74, 6) is -0.0967. The zero-order valence-corrected chi connectivity index (χ0v) is 7.84. The van der Waals surface area contributed by atoms with Gasteiger partial charge in [0.25, 0.3) is 0 Å². The SMILES string of the molecule is CCOC(=O)[C@H](I)CC. The van der Waals surface area contributed by atoms with E-state index in [-0.39, 0.29) is 9.89 Å². The maximum absolute atomic E-state index is 10.7. The number of carbonyl (C=O) groups is 1. The van der Waals surface area contributed by atoms with Gasteiger partial charge in [0.2, 0.25) is 0 Å². The lowest BCUT2D eigenvalue weighted by Crippen LogP contribution is -2.15. The van der Waals surface area contributed by atoms with E-state index in [9.17, 15) is 4.79 Å². The maximum Gasteiger partial charge on any atom is 0.318 e. The number of hydrogen-bond acceptors (Lipinski definition) is 2. The summed E-state index contributed by atoms with van der Waals surface area (Å²) >= 11 is 2.08. The van der Waals surface area contributed by atoms with E-state index >= 15 is 0 Å². The van der Waals surface area contributed by atoms with Gasteiger partial charge in [-0.25, -0.2) is 0 Å². The van der Waals surface area contributed by atoms with E-state index in [0.717, 1.165) is 6.42 Å². The molecule has 0 fully saturated rings. The molecule has 0 aromatic rings. The van der Waals surface area contributed by atoms with E-state index in [1.54, 1.807) is 0 Å². The highest BCUT2D eigenvalue weighted by atomic mass is 127. The van der Waals surface area contributed by atoms with E-state index in [4.69, 9.17) is 4.74 Å². The van der Waals surface area contributed by atoms with Crippen LogP contribution in [-0.4, -0.2) is 16.5 Å². The molecule has 54 valence electrons. The normalized spacial score (nSPS) is 12.8. The summed E-state index contributed by atoms with van der Waals surface area (Å²) in [6.07, 6.45) is 0.847. The lowest BCUT2D eigenvalue weighted by molar-refractivity contribution is -0.142. The van der Waals surface area contributed by atoms with Crippen LogP contribution in [0, 0.1) is 0 Å². The summed E-state index contributed by atoms with van der Waals surface area (Å²) < 4.78 is 4.78. The van der Waals surface area contributed by atoms with Gasteiger partial charge in [0.05, 0.1) is 6.61 Å². The van der Waals surface area contributed by atoms with Gasteiger partial charge in [0.15, 0.2) is 0 Å². The molecule has 0 heterocycles. The monoisotopic (exact) mass is 242 g/mol. The van der Waals surface area contributed by atoms with Gasteiger partial charge in [0, 0.05) is 0 Å². The van der Waals surface area contributed by atoms with Crippen LogP contribution in [0.15, 0.2) is 0 Å². The minimum atomic E-state index is -0.0967. The Labute approximate surface area is 69.1 Å². The fourth-order valence-corrected chi connectivity index (χ4v) is 0.579. The molecule has 2 nitrogen and oxygen atoms in total. The maximum atomic E-state index is 10.7. The van der Waals surface area contributed by atoms with Gasteiger partial charge in [-0.05, 0) is 13.3 Å². The first kappa shape index (κ1) is 9.20. The number of rotatable bonds is 3. The Morgan fingerprint density at radius 3 is 2.56 bits per heavy atom. The van der Waals surface area contributed by atoms with Crippen molar-refractivity contribution in [2.24, 2.45) is 0 Å². The number of alkyl halides is 1. The van der Waals surface area contributed by atoms with Crippen molar-refractivity contribution >= 4 is 28.6 Å². The standard InChI is InChI=1S/C6H11IO2/c1-3-5(7)6(8)9-4-2/h5H,3-4H2,1-2H3/t5-/m1/s1. The van der Waals surface area contributed by atoms with Crippen molar-refractivity contribution in [1.82, 2.24) is 0 Å². The second-order valence-electron chi connectivity index (χ2n) is 1.63. The molecule has 0 radical (unpaired) electrons. The number of halogens is 1. The summed E-state index contributed by atoms with van der Waals surface area (Å²) in [5.41, 5.74) is 0. The average molecular weight is 242 g/mol. The van der Waals surface area contributed by atoms with Crippen molar-refractivity contribution in [3.8, 4) is 0 Å². The van der Waals surface area contributed by atoms with Crippen molar-refractivity contribution < 1.29 is 9.53 Å². The highest BCUT2D eigenvalue weighted by molar-refractivity contribution is 14.1. The van der Waals surface area contributed by atoms with E-state index in [0.29, 0.717) is 6.61 Å². The highest BCUT2D eigenvalue weighted by Gasteiger charge is 2.11. The van der Waals surface area contributed by atoms with Crippen LogP contribution in [-0.2, 0) is 9.53 Å². The number of ether oxygens (including phenoxy) is 1. The molecule has 1 atom stereocenters. The zero-order chi connectivity index (χ0) is 7.28. The van der Waals surface area contributed by atoms with Crippen molar-refractivity contribution in [3.05, 3.63) is 0 Å². The summed E-state index contributed by atoms with van der Waals surface area (Å²) in [5, 5.41) is 0. The predicted molar refractivity (Wildman–Crippen MR) is 44.7 cm³/mol. The van der Waals surface area contributed by atoms with Gasteiger partial charge < -0.3 is 4.74 Å². The molecule has 9 heavy (non-hydrogen) atoms. The molecule has 0 rings (SSSR count). The molecular weight excluding hydrogens is 231 g/mol. The van der Waals surface area contributed by atoms with Crippen molar-refractivity contribution in [3.63, 3.8) is 0 Å². The summed E-state index contributed by atoms with van der Waals surface area (Å²) in [7, 11) is 0. The Morgan fingerprint density at radius 1 is 1.67 bits per heavy atom. The average Bonchev–Trinajstić information content (AvgIpc) is 1.87. The molecule has 3 heteroatoms. The Morgan fingerprint density at radius 2 is 2.22 bits per heavy atom. The molecule has 0 saturated carbocycles. The molecule has 0 aliphatic heterocycles. The third kappa shape index (κ3) is 3.72. The molecule has 0 saturated heterocycles. The molecule has 0 aliphatic carbocycles. The number of carbonyl (C=O) groups excluding carboxylic acids is 1. The highest BCUT2D eigenvalue weighted by Crippen LogP contribution is 2.06. The minimum Gasteiger partial charge on any atom is -0.465 e. The van der Waals surface area contributed by atoms with Crippen LogP contribution in [0.3, 0.4) is 0 Å². The molecule has 0 aromatic carbocycles. The summed E-state index contributed by atoms with van der Waals surface area (Å²) in [6.45, 7) is 4.27. The lowest BCUT2D eigenvalue weighted by atomic mass is 10.3. The van der Waals surface area contributed by atoms with E-state index in [2.05, 4.69) is 22.6 Å². The molecule has 0 amide bonds. The van der Waals surface area contributed by atoms with Crippen molar-refractivity contribution in [1.29, 1.82) is 0 Å². The largest absolute Gasteiger partial charge is 0.465 e. The minimum absolute atomic E-state index is 0.0301. The van der Waals surface area contributed by atoms with Gasteiger partial charge in [-0.2, -0.15) is 0 Å².